The number of piperidine rings is 1. The smallest absolute Gasteiger partial charge is 0.162 e. The van der Waals surface area contributed by atoms with Gasteiger partial charge in [-0.25, -0.2) is 13.9 Å². The number of fused-ring (bicyclic) bond motifs is 2. The van der Waals surface area contributed by atoms with Gasteiger partial charge in [0.2, 0.25) is 0 Å². The molecule has 9 heteroatoms. The van der Waals surface area contributed by atoms with Gasteiger partial charge in [-0.3, -0.25) is 9.88 Å². The maximum atomic E-state index is 14.9. The molecule has 0 radical (unpaired) electrons. The summed E-state index contributed by atoms with van der Waals surface area (Å²) in [7, 11) is 2.20. The van der Waals surface area contributed by atoms with Gasteiger partial charge in [-0.1, -0.05) is 11.6 Å². The lowest BCUT2D eigenvalue weighted by Crippen LogP contribution is -2.52. The average Bonchev–Trinajstić information content (AvgIpc) is 3.30. The Labute approximate surface area is 202 Å². The summed E-state index contributed by atoms with van der Waals surface area (Å²) in [5.41, 5.74) is 3.75. The Bertz CT molecular complexity index is 1340. The van der Waals surface area contributed by atoms with E-state index >= 15 is 0 Å². The van der Waals surface area contributed by atoms with Gasteiger partial charge < -0.3 is 9.80 Å². The monoisotopic (exact) mass is 479 g/mol. The van der Waals surface area contributed by atoms with Gasteiger partial charge in [0.15, 0.2) is 11.5 Å². The van der Waals surface area contributed by atoms with E-state index in [0.717, 1.165) is 50.3 Å². The molecule has 34 heavy (non-hydrogen) atoms. The summed E-state index contributed by atoms with van der Waals surface area (Å²) < 4.78 is 16.7. The van der Waals surface area contributed by atoms with Crippen molar-refractivity contribution in [3.63, 3.8) is 0 Å². The fourth-order valence-electron chi connectivity index (χ4n) is 5.30. The van der Waals surface area contributed by atoms with E-state index in [2.05, 4.69) is 31.8 Å². The van der Waals surface area contributed by atoms with E-state index in [1.54, 1.807) is 29.0 Å². The van der Waals surface area contributed by atoms with E-state index in [1.165, 1.54) is 19.2 Å². The highest BCUT2D eigenvalue weighted by Gasteiger charge is 2.27. The molecule has 7 nitrogen and oxygen atoms in total. The van der Waals surface area contributed by atoms with E-state index in [-0.39, 0.29) is 5.02 Å². The SMILES string of the molecule is CN1CCN(C2CCN(c3cnc4c(-c5ccnc6ccc(Cl)c(F)c56)cnn4c3)CC2)CC1. The first-order valence-electron chi connectivity index (χ1n) is 11.8. The quantitative estimate of drug-likeness (QED) is 0.443. The Morgan fingerprint density at radius 2 is 1.74 bits per heavy atom. The summed E-state index contributed by atoms with van der Waals surface area (Å²) in [5, 5.41) is 5.01. The van der Waals surface area contributed by atoms with Crippen molar-refractivity contribution in [1.29, 1.82) is 0 Å². The third kappa shape index (κ3) is 3.79. The second-order valence-electron chi connectivity index (χ2n) is 9.31. The summed E-state index contributed by atoms with van der Waals surface area (Å²) in [5.74, 6) is -0.471. The Morgan fingerprint density at radius 1 is 0.941 bits per heavy atom. The number of rotatable bonds is 3. The zero-order chi connectivity index (χ0) is 23.2. The highest BCUT2D eigenvalue weighted by molar-refractivity contribution is 6.31. The first kappa shape index (κ1) is 21.7. The third-order valence-electron chi connectivity index (χ3n) is 7.31. The van der Waals surface area contributed by atoms with Gasteiger partial charge in [-0.2, -0.15) is 5.10 Å². The Hall–Kier alpha value is -2.81. The number of piperazine rings is 1. The lowest BCUT2D eigenvalue weighted by Gasteiger charge is -2.42. The number of hydrogen-bond acceptors (Lipinski definition) is 6. The van der Waals surface area contributed by atoms with Crippen molar-refractivity contribution in [2.45, 2.75) is 18.9 Å². The van der Waals surface area contributed by atoms with Crippen LogP contribution < -0.4 is 4.90 Å². The van der Waals surface area contributed by atoms with Gasteiger partial charge in [-0.05, 0) is 38.1 Å². The van der Waals surface area contributed by atoms with E-state index < -0.39 is 5.82 Å². The summed E-state index contributed by atoms with van der Waals surface area (Å²) in [4.78, 5) is 16.5. The second-order valence-corrected chi connectivity index (χ2v) is 9.72. The normalized spacial score (nSPS) is 18.9. The van der Waals surface area contributed by atoms with Crippen molar-refractivity contribution in [2.24, 2.45) is 0 Å². The summed E-state index contributed by atoms with van der Waals surface area (Å²) in [6, 6.07) is 5.72. The largest absolute Gasteiger partial charge is 0.369 e. The van der Waals surface area contributed by atoms with Crippen LogP contribution in [0.1, 0.15) is 12.8 Å². The molecule has 0 unspecified atom stereocenters. The second kappa shape index (κ2) is 8.76. The number of nitrogens with zero attached hydrogens (tertiary/aromatic N) is 7. The Morgan fingerprint density at radius 3 is 2.53 bits per heavy atom. The molecule has 2 aliphatic heterocycles. The molecule has 0 saturated carbocycles. The van der Waals surface area contributed by atoms with Crippen molar-refractivity contribution in [3.05, 3.63) is 53.8 Å². The van der Waals surface area contributed by atoms with Crippen LogP contribution in [0.15, 0.2) is 43.0 Å². The molecular weight excluding hydrogens is 453 g/mol. The van der Waals surface area contributed by atoms with Crippen molar-refractivity contribution >= 4 is 33.8 Å². The first-order valence-corrected chi connectivity index (χ1v) is 12.2. The van der Waals surface area contributed by atoms with E-state index in [0.29, 0.717) is 28.2 Å². The van der Waals surface area contributed by atoms with Gasteiger partial charge >= 0.3 is 0 Å². The van der Waals surface area contributed by atoms with Gasteiger partial charge in [0.25, 0.3) is 0 Å². The minimum Gasteiger partial charge on any atom is -0.369 e. The maximum Gasteiger partial charge on any atom is 0.162 e. The highest BCUT2D eigenvalue weighted by atomic mass is 35.5. The number of likely N-dealkylation sites (N-methyl/N-ethyl adjacent to an activating group) is 1. The summed E-state index contributed by atoms with van der Waals surface area (Å²) in [6.07, 6.45) is 9.66. The molecule has 0 aliphatic carbocycles. The van der Waals surface area contributed by atoms with Gasteiger partial charge in [0, 0.05) is 68.0 Å². The van der Waals surface area contributed by atoms with E-state index in [9.17, 15) is 4.39 Å². The number of halogens is 2. The lowest BCUT2D eigenvalue weighted by atomic mass is 10.0. The maximum absolute atomic E-state index is 14.9. The number of aromatic nitrogens is 4. The lowest BCUT2D eigenvalue weighted by molar-refractivity contribution is 0.0982. The predicted molar refractivity (Wildman–Crippen MR) is 133 cm³/mol. The van der Waals surface area contributed by atoms with E-state index in [4.69, 9.17) is 16.6 Å². The average molecular weight is 480 g/mol. The minimum atomic E-state index is -0.471. The van der Waals surface area contributed by atoms with Crippen LogP contribution in [-0.4, -0.2) is 81.7 Å². The van der Waals surface area contributed by atoms with Crippen LogP contribution in [0, 0.1) is 5.82 Å². The van der Waals surface area contributed by atoms with Crippen LogP contribution in [0.25, 0.3) is 27.7 Å². The molecule has 4 aromatic rings. The molecule has 2 saturated heterocycles. The molecule has 176 valence electrons. The predicted octanol–water partition coefficient (Wildman–Crippen LogP) is 3.95. The fourth-order valence-corrected chi connectivity index (χ4v) is 5.46. The molecule has 0 atom stereocenters. The zero-order valence-corrected chi connectivity index (χ0v) is 19.9. The molecule has 1 aromatic carbocycles. The third-order valence-corrected chi connectivity index (χ3v) is 7.61. The topological polar surface area (TPSA) is 52.8 Å². The van der Waals surface area contributed by atoms with Gasteiger partial charge in [0.1, 0.15) is 0 Å². The van der Waals surface area contributed by atoms with Gasteiger partial charge in [-0.15, -0.1) is 0 Å². The van der Waals surface area contributed by atoms with E-state index in [1.807, 2.05) is 12.4 Å². The van der Waals surface area contributed by atoms with Crippen molar-refractivity contribution in [3.8, 4) is 11.1 Å². The van der Waals surface area contributed by atoms with Crippen LogP contribution in [0.3, 0.4) is 0 Å². The molecule has 2 aliphatic rings. The number of pyridine rings is 1. The Balaban J connectivity index is 1.25. The van der Waals surface area contributed by atoms with Crippen molar-refractivity contribution in [2.75, 3.05) is 51.2 Å². The van der Waals surface area contributed by atoms with Crippen LogP contribution in [0.4, 0.5) is 10.1 Å². The minimum absolute atomic E-state index is 0.0773. The van der Waals surface area contributed by atoms with Crippen LogP contribution in [-0.2, 0) is 0 Å². The molecule has 3 aromatic heterocycles. The molecule has 5 heterocycles. The van der Waals surface area contributed by atoms with Crippen LogP contribution in [0.2, 0.25) is 5.02 Å². The molecule has 0 amide bonds. The first-order chi connectivity index (χ1) is 16.6. The van der Waals surface area contributed by atoms with Crippen molar-refractivity contribution in [1.82, 2.24) is 29.4 Å². The molecular formula is C25H27ClFN7. The summed E-state index contributed by atoms with van der Waals surface area (Å²) in [6.45, 7) is 6.67. The molecule has 0 bridgehead atoms. The number of anilines is 1. The standard InChI is InChI=1S/C25H27ClFN7/c1-31-10-12-33(13-11-31)17-5-8-32(9-6-17)18-14-29-25-20(15-30-34(25)16-18)19-4-7-28-22-3-2-21(26)24(27)23(19)22/h2-4,7,14-17H,5-6,8-13H2,1H3. The molecule has 6 rings (SSSR count). The van der Waals surface area contributed by atoms with Crippen LogP contribution in [0.5, 0.6) is 0 Å². The fraction of sp³-hybridized carbons (Fsp3) is 0.400. The molecule has 0 spiro atoms. The molecule has 2 fully saturated rings. The zero-order valence-electron chi connectivity index (χ0n) is 19.2. The number of benzene rings is 1. The van der Waals surface area contributed by atoms with Crippen LogP contribution >= 0.6 is 11.6 Å². The highest BCUT2D eigenvalue weighted by Crippen LogP contribution is 2.34. The number of hydrogen-bond donors (Lipinski definition) is 0. The van der Waals surface area contributed by atoms with Crippen molar-refractivity contribution < 1.29 is 4.39 Å². The van der Waals surface area contributed by atoms with Gasteiger partial charge in [0.05, 0.1) is 34.8 Å². The Kier molecular flexibility index (Phi) is 5.59. The molecule has 0 N–H and O–H groups in total. The summed E-state index contributed by atoms with van der Waals surface area (Å²) >= 11 is 6.06.